The number of alkyl halides is 3. The van der Waals surface area contributed by atoms with E-state index in [1.54, 1.807) is 0 Å². The van der Waals surface area contributed by atoms with Crippen molar-refractivity contribution < 1.29 is 26.0 Å². The van der Waals surface area contributed by atoms with Crippen LogP contribution in [0, 0.1) is 5.82 Å². The summed E-state index contributed by atoms with van der Waals surface area (Å²) in [5.74, 6) is -0.562. The zero-order chi connectivity index (χ0) is 19.1. The average molecular weight is 383 g/mol. The molecule has 1 heterocycles. The number of hydrogen-bond acceptors (Lipinski definition) is 2. The van der Waals surface area contributed by atoms with E-state index in [1.165, 1.54) is 42.5 Å². The molecule has 136 valence electrons. The zero-order valence-corrected chi connectivity index (χ0v) is 14.3. The Morgan fingerprint density at radius 2 is 1.42 bits per heavy atom. The van der Waals surface area contributed by atoms with Crippen molar-refractivity contribution >= 4 is 9.84 Å². The van der Waals surface area contributed by atoms with Gasteiger partial charge in [0.25, 0.3) is 0 Å². The lowest BCUT2D eigenvalue weighted by atomic mass is 10.1. The van der Waals surface area contributed by atoms with Crippen LogP contribution in [0.15, 0.2) is 65.6 Å². The van der Waals surface area contributed by atoms with Crippen LogP contribution < -0.4 is 0 Å². The monoisotopic (exact) mass is 383 g/mol. The molecule has 1 aromatic heterocycles. The Labute approximate surface area is 147 Å². The van der Waals surface area contributed by atoms with Crippen molar-refractivity contribution in [2.75, 3.05) is 6.26 Å². The summed E-state index contributed by atoms with van der Waals surface area (Å²) in [5, 5.41) is 0. The maximum atomic E-state index is 13.4. The van der Waals surface area contributed by atoms with Gasteiger partial charge < -0.3 is 4.57 Å². The highest BCUT2D eigenvalue weighted by Gasteiger charge is 2.35. The van der Waals surface area contributed by atoms with Crippen LogP contribution in [0.3, 0.4) is 0 Å². The summed E-state index contributed by atoms with van der Waals surface area (Å²) in [6.45, 7) is 0. The molecule has 3 rings (SSSR count). The maximum Gasteiger partial charge on any atom is 0.431 e. The molecule has 0 unspecified atom stereocenters. The highest BCUT2D eigenvalue weighted by Crippen LogP contribution is 2.36. The second-order valence-electron chi connectivity index (χ2n) is 5.71. The quantitative estimate of drug-likeness (QED) is 0.615. The number of rotatable bonds is 3. The standard InChI is InChI=1S/C18H13F4NO2S/c1-26(24,25)15-8-2-12(3-9-15)16-10-11-17(18(20,21)22)23(16)14-6-4-13(19)5-7-14/h2-11H,1H3. The van der Waals surface area contributed by atoms with Gasteiger partial charge in [-0.05, 0) is 54.1 Å². The Hall–Kier alpha value is -2.61. The minimum Gasteiger partial charge on any atom is -0.305 e. The molecule has 0 aliphatic rings. The molecule has 8 heteroatoms. The van der Waals surface area contributed by atoms with Crippen molar-refractivity contribution in [2.45, 2.75) is 11.1 Å². The summed E-state index contributed by atoms with van der Waals surface area (Å²) in [6, 6.07) is 12.4. The molecule has 2 aromatic carbocycles. The molecular formula is C18H13F4NO2S. The first kappa shape index (κ1) is 18.2. The van der Waals surface area contributed by atoms with E-state index in [9.17, 15) is 26.0 Å². The van der Waals surface area contributed by atoms with Crippen LogP contribution in [0.5, 0.6) is 0 Å². The number of benzene rings is 2. The van der Waals surface area contributed by atoms with Crippen molar-refractivity contribution in [3.63, 3.8) is 0 Å². The van der Waals surface area contributed by atoms with Gasteiger partial charge in [0.2, 0.25) is 0 Å². The second kappa shape index (κ2) is 6.28. The van der Waals surface area contributed by atoms with Crippen LogP contribution in [0.1, 0.15) is 5.69 Å². The number of sulfone groups is 1. The summed E-state index contributed by atoms with van der Waals surface area (Å²) in [6.07, 6.45) is -3.57. The van der Waals surface area contributed by atoms with Crippen molar-refractivity contribution in [2.24, 2.45) is 0 Å². The molecule has 0 bridgehead atoms. The van der Waals surface area contributed by atoms with Crippen LogP contribution in [0.25, 0.3) is 16.9 Å². The third-order valence-corrected chi connectivity index (χ3v) is 4.96. The lowest BCUT2D eigenvalue weighted by Crippen LogP contribution is -2.13. The van der Waals surface area contributed by atoms with Gasteiger partial charge in [-0.25, -0.2) is 12.8 Å². The molecule has 0 N–H and O–H groups in total. The average Bonchev–Trinajstić information content (AvgIpc) is 3.00. The maximum absolute atomic E-state index is 13.4. The summed E-state index contributed by atoms with van der Waals surface area (Å²) in [5.41, 5.74) is -0.154. The summed E-state index contributed by atoms with van der Waals surface area (Å²) >= 11 is 0. The van der Waals surface area contributed by atoms with Crippen LogP contribution in [-0.4, -0.2) is 19.2 Å². The molecule has 0 spiro atoms. The Balaban J connectivity index is 2.19. The largest absolute Gasteiger partial charge is 0.431 e. The molecule has 0 radical (unpaired) electrons. The Bertz CT molecular complexity index is 1030. The zero-order valence-electron chi connectivity index (χ0n) is 13.5. The van der Waals surface area contributed by atoms with Gasteiger partial charge in [0.1, 0.15) is 11.5 Å². The van der Waals surface area contributed by atoms with Crippen LogP contribution in [-0.2, 0) is 16.0 Å². The van der Waals surface area contributed by atoms with Gasteiger partial charge in [-0.3, -0.25) is 0 Å². The van der Waals surface area contributed by atoms with Gasteiger partial charge in [0, 0.05) is 11.9 Å². The summed E-state index contributed by atoms with van der Waals surface area (Å²) < 4.78 is 77.4. The van der Waals surface area contributed by atoms with Gasteiger partial charge in [-0.15, -0.1) is 0 Å². The second-order valence-corrected chi connectivity index (χ2v) is 7.73. The molecule has 0 aliphatic carbocycles. The molecule has 26 heavy (non-hydrogen) atoms. The molecule has 3 aromatic rings. The molecular weight excluding hydrogens is 370 g/mol. The van der Waals surface area contributed by atoms with E-state index in [0.717, 1.165) is 29.0 Å². The van der Waals surface area contributed by atoms with E-state index in [0.29, 0.717) is 5.56 Å². The van der Waals surface area contributed by atoms with E-state index < -0.39 is 27.5 Å². The van der Waals surface area contributed by atoms with E-state index in [4.69, 9.17) is 0 Å². The van der Waals surface area contributed by atoms with E-state index >= 15 is 0 Å². The normalized spacial score (nSPS) is 12.3. The smallest absolute Gasteiger partial charge is 0.305 e. The Kier molecular flexibility index (Phi) is 4.39. The van der Waals surface area contributed by atoms with Gasteiger partial charge in [-0.2, -0.15) is 13.2 Å². The lowest BCUT2D eigenvalue weighted by molar-refractivity contribution is -0.142. The van der Waals surface area contributed by atoms with E-state index in [2.05, 4.69) is 0 Å². The van der Waals surface area contributed by atoms with Crippen molar-refractivity contribution in [1.82, 2.24) is 4.57 Å². The molecule has 0 aliphatic heterocycles. The predicted octanol–water partition coefficient (Wildman–Crippen LogP) is 4.71. The van der Waals surface area contributed by atoms with Crippen molar-refractivity contribution in [1.29, 1.82) is 0 Å². The van der Waals surface area contributed by atoms with Crippen molar-refractivity contribution in [3.05, 3.63) is 72.2 Å². The minimum absolute atomic E-state index is 0.0668. The first-order chi connectivity index (χ1) is 12.1. The fourth-order valence-corrected chi connectivity index (χ4v) is 3.25. The molecule has 3 nitrogen and oxygen atoms in total. The number of aromatic nitrogens is 1. The van der Waals surface area contributed by atoms with Crippen LogP contribution >= 0.6 is 0 Å². The third-order valence-electron chi connectivity index (χ3n) is 3.83. The SMILES string of the molecule is CS(=O)(=O)c1ccc(-c2ccc(C(F)(F)F)n2-c2ccc(F)cc2)cc1. The fourth-order valence-electron chi connectivity index (χ4n) is 2.62. The minimum atomic E-state index is -4.61. The first-order valence-electron chi connectivity index (χ1n) is 7.43. The fraction of sp³-hybridized carbons (Fsp3) is 0.111. The van der Waals surface area contributed by atoms with Gasteiger partial charge in [0.15, 0.2) is 9.84 Å². The molecule has 0 saturated carbocycles. The number of hydrogen-bond donors (Lipinski definition) is 0. The molecule has 0 saturated heterocycles. The summed E-state index contributed by atoms with van der Waals surface area (Å²) in [7, 11) is -3.42. The van der Waals surface area contributed by atoms with Gasteiger partial charge in [0.05, 0.1) is 10.6 Å². The highest BCUT2D eigenvalue weighted by molar-refractivity contribution is 7.90. The summed E-state index contributed by atoms with van der Waals surface area (Å²) in [4.78, 5) is 0.0668. The molecule has 0 fully saturated rings. The van der Waals surface area contributed by atoms with Gasteiger partial charge in [-0.1, -0.05) is 12.1 Å². The van der Waals surface area contributed by atoms with E-state index in [1.807, 2.05) is 0 Å². The number of halogens is 4. The highest BCUT2D eigenvalue weighted by atomic mass is 32.2. The first-order valence-corrected chi connectivity index (χ1v) is 9.32. The molecule has 0 amide bonds. The van der Waals surface area contributed by atoms with Gasteiger partial charge >= 0.3 is 6.18 Å². The predicted molar refractivity (Wildman–Crippen MR) is 89.3 cm³/mol. The Morgan fingerprint density at radius 1 is 0.846 bits per heavy atom. The number of nitrogens with zero attached hydrogens (tertiary/aromatic N) is 1. The van der Waals surface area contributed by atoms with Crippen LogP contribution in [0.2, 0.25) is 0 Å². The topological polar surface area (TPSA) is 39.1 Å². The lowest BCUT2D eigenvalue weighted by Gasteiger charge is -2.16. The van der Waals surface area contributed by atoms with Crippen LogP contribution in [0.4, 0.5) is 17.6 Å². The van der Waals surface area contributed by atoms with E-state index in [-0.39, 0.29) is 16.3 Å². The van der Waals surface area contributed by atoms with Crippen molar-refractivity contribution in [3.8, 4) is 16.9 Å². The Morgan fingerprint density at radius 3 is 1.92 bits per heavy atom. The molecule has 0 atom stereocenters. The third kappa shape index (κ3) is 3.50.